The minimum absolute atomic E-state index is 0.652. The van der Waals surface area contributed by atoms with Crippen LogP contribution in [0.5, 0.6) is 0 Å². The molecule has 0 saturated carbocycles. The Morgan fingerprint density at radius 1 is 1.62 bits per heavy atom. The van der Waals surface area contributed by atoms with Gasteiger partial charge in [-0.05, 0) is 13.0 Å². The Labute approximate surface area is 79.7 Å². The number of hydrogen-bond acceptors (Lipinski definition) is 4. The highest BCUT2D eigenvalue weighted by Crippen LogP contribution is 2.28. The van der Waals surface area contributed by atoms with E-state index in [0.29, 0.717) is 5.69 Å². The third-order valence-corrected chi connectivity index (χ3v) is 2.60. The molecule has 0 aromatic carbocycles. The van der Waals surface area contributed by atoms with Gasteiger partial charge in [-0.2, -0.15) is 0 Å². The van der Waals surface area contributed by atoms with E-state index in [2.05, 4.69) is 4.98 Å². The van der Waals surface area contributed by atoms with Crippen molar-refractivity contribution < 1.29 is 9.52 Å². The predicted octanol–water partition coefficient (Wildman–Crippen LogP) is 1.99. The number of hydrogen-bond donors (Lipinski definition) is 1. The Morgan fingerprint density at radius 2 is 2.46 bits per heavy atom. The molecule has 1 N–H and O–H groups in total. The first-order valence-electron chi connectivity index (χ1n) is 3.85. The van der Waals surface area contributed by atoms with Gasteiger partial charge < -0.3 is 9.52 Å². The topological polar surface area (TPSA) is 46.3 Å². The summed E-state index contributed by atoms with van der Waals surface area (Å²) in [4.78, 5) is 4.07. The fraction of sp³-hybridized carbons (Fsp3) is 0.222. The summed E-state index contributed by atoms with van der Waals surface area (Å²) in [7, 11) is 0. The molecule has 3 nitrogen and oxygen atoms in total. The van der Waals surface area contributed by atoms with Crippen molar-refractivity contribution in [3.8, 4) is 0 Å². The smallest absolute Gasteiger partial charge is 0.133 e. The van der Waals surface area contributed by atoms with Crippen LogP contribution in [0.3, 0.4) is 0 Å². The molecule has 0 aliphatic carbocycles. The largest absolute Gasteiger partial charge is 0.472 e. The molecule has 1 atom stereocenters. The second kappa shape index (κ2) is 2.97. The maximum absolute atomic E-state index is 10.1. The summed E-state index contributed by atoms with van der Waals surface area (Å²) in [5.41, 5.74) is 2.02. The molecule has 2 aromatic rings. The van der Waals surface area contributed by atoms with Crippen LogP contribution in [0.25, 0.3) is 0 Å². The lowest BCUT2D eigenvalue weighted by atomic mass is 9.96. The molecule has 2 heterocycles. The van der Waals surface area contributed by atoms with Crippen molar-refractivity contribution in [1.29, 1.82) is 0 Å². The van der Waals surface area contributed by atoms with Crippen LogP contribution in [0.15, 0.2) is 33.9 Å². The van der Waals surface area contributed by atoms with Crippen molar-refractivity contribution in [3.63, 3.8) is 0 Å². The average Bonchev–Trinajstić information content (AvgIpc) is 2.78. The lowest BCUT2D eigenvalue weighted by Gasteiger charge is -2.18. The zero-order chi connectivity index (χ0) is 9.31. The minimum Gasteiger partial charge on any atom is -0.472 e. The SMILES string of the molecule is CC(O)(c1ccoc1)c1cscn1. The van der Waals surface area contributed by atoms with Crippen LogP contribution < -0.4 is 0 Å². The van der Waals surface area contributed by atoms with Gasteiger partial charge in [0.2, 0.25) is 0 Å². The van der Waals surface area contributed by atoms with Crippen molar-refractivity contribution in [2.24, 2.45) is 0 Å². The molecule has 0 spiro atoms. The molecule has 13 heavy (non-hydrogen) atoms. The molecule has 0 amide bonds. The number of aliphatic hydroxyl groups is 1. The number of thiazole rings is 1. The molecule has 2 aromatic heterocycles. The summed E-state index contributed by atoms with van der Waals surface area (Å²) in [6.45, 7) is 1.70. The van der Waals surface area contributed by atoms with E-state index in [0.717, 1.165) is 5.56 Å². The molecule has 0 bridgehead atoms. The third kappa shape index (κ3) is 1.38. The van der Waals surface area contributed by atoms with Gasteiger partial charge in [0.1, 0.15) is 5.60 Å². The van der Waals surface area contributed by atoms with E-state index in [9.17, 15) is 5.11 Å². The van der Waals surface area contributed by atoms with Crippen molar-refractivity contribution in [2.75, 3.05) is 0 Å². The highest BCUT2D eigenvalue weighted by atomic mass is 32.1. The van der Waals surface area contributed by atoms with E-state index in [4.69, 9.17) is 4.42 Å². The second-order valence-electron chi connectivity index (χ2n) is 2.96. The first kappa shape index (κ1) is 8.47. The lowest BCUT2D eigenvalue weighted by Crippen LogP contribution is -2.22. The first-order valence-corrected chi connectivity index (χ1v) is 4.79. The molecular weight excluding hydrogens is 186 g/mol. The highest BCUT2D eigenvalue weighted by Gasteiger charge is 2.28. The number of rotatable bonds is 2. The Bertz CT molecular complexity index is 328. The molecule has 68 valence electrons. The molecule has 0 aliphatic heterocycles. The molecular formula is C9H9NO2S. The summed E-state index contributed by atoms with van der Waals surface area (Å²) < 4.78 is 4.91. The van der Waals surface area contributed by atoms with Crippen LogP contribution >= 0.6 is 11.3 Å². The van der Waals surface area contributed by atoms with Gasteiger partial charge >= 0.3 is 0 Å². The van der Waals surface area contributed by atoms with Crippen LogP contribution in [0.4, 0.5) is 0 Å². The molecule has 1 unspecified atom stereocenters. The number of furan rings is 1. The number of nitrogens with zero attached hydrogens (tertiary/aromatic N) is 1. The summed E-state index contributed by atoms with van der Waals surface area (Å²) in [5, 5.41) is 11.9. The van der Waals surface area contributed by atoms with Crippen LogP contribution in [0.2, 0.25) is 0 Å². The van der Waals surface area contributed by atoms with Gasteiger partial charge in [-0.1, -0.05) is 0 Å². The van der Waals surface area contributed by atoms with Crippen LogP contribution in [0, 0.1) is 0 Å². The highest BCUT2D eigenvalue weighted by molar-refractivity contribution is 7.07. The zero-order valence-electron chi connectivity index (χ0n) is 7.10. The Balaban J connectivity index is 2.42. The fourth-order valence-electron chi connectivity index (χ4n) is 1.14. The van der Waals surface area contributed by atoms with E-state index in [1.165, 1.54) is 23.9 Å². The Morgan fingerprint density at radius 3 is 3.00 bits per heavy atom. The first-order chi connectivity index (χ1) is 6.21. The van der Waals surface area contributed by atoms with E-state index in [1.807, 2.05) is 5.38 Å². The standard InChI is InChI=1S/C9H9NO2S/c1-9(11,7-2-3-12-4-7)8-5-13-6-10-8/h2-6,11H,1H3. The van der Waals surface area contributed by atoms with Gasteiger partial charge in [-0.25, -0.2) is 4.98 Å². The van der Waals surface area contributed by atoms with Crippen LogP contribution in [-0.2, 0) is 5.60 Å². The predicted molar refractivity (Wildman–Crippen MR) is 49.5 cm³/mol. The monoisotopic (exact) mass is 195 g/mol. The van der Waals surface area contributed by atoms with Gasteiger partial charge in [0.15, 0.2) is 0 Å². The van der Waals surface area contributed by atoms with Crippen molar-refractivity contribution >= 4 is 11.3 Å². The van der Waals surface area contributed by atoms with E-state index >= 15 is 0 Å². The lowest BCUT2D eigenvalue weighted by molar-refractivity contribution is 0.0974. The summed E-state index contributed by atoms with van der Waals surface area (Å²) in [6.07, 6.45) is 3.06. The number of aromatic nitrogens is 1. The van der Waals surface area contributed by atoms with Crippen molar-refractivity contribution in [2.45, 2.75) is 12.5 Å². The van der Waals surface area contributed by atoms with Crippen LogP contribution in [-0.4, -0.2) is 10.1 Å². The minimum atomic E-state index is -1.05. The zero-order valence-corrected chi connectivity index (χ0v) is 7.91. The quantitative estimate of drug-likeness (QED) is 0.797. The molecule has 0 saturated heterocycles. The van der Waals surface area contributed by atoms with Gasteiger partial charge in [-0.15, -0.1) is 11.3 Å². The molecule has 0 radical (unpaired) electrons. The molecule has 0 fully saturated rings. The molecule has 4 heteroatoms. The van der Waals surface area contributed by atoms with E-state index < -0.39 is 5.60 Å². The van der Waals surface area contributed by atoms with E-state index in [1.54, 1.807) is 18.5 Å². The summed E-state index contributed by atoms with van der Waals surface area (Å²) in [5.74, 6) is 0. The maximum atomic E-state index is 10.1. The third-order valence-electron chi connectivity index (χ3n) is 2.01. The van der Waals surface area contributed by atoms with Crippen LogP contribution in [0.1, 0.15) is 18.2 Å². The second-order valence-corrected chi connectivity index (χ2v) is 3.68. The van der Waals surface area contributed by atoms with Gasteiger partial charge in [0, 0.05) is 10.9 Å². The fourth-order valence-corrected chi connectivity index (χ4v) is 1.80. The van der Waals surface area contributed by atoms with Crippen molar-refractivity contribution in [1.82, 2.24) is 4.98 Å². The molecule has 0 aliphatic rings. The van der Waals surface area contributed by atoms with E-state index in [-0.39, 0.29) is 0 Å². The Kier molecular flexibility index (Phi) is 1.94. The van der Waals surface area contributed by atoms with Gasteiger partial charge in [0.05, 0.1) is 23.7 Å². The van der Waals surface area contributed by atoms with Gasteiger partial charge in [-0.3, -0.25) is 0 Å². The normalized spacial score (nSPS) is 15.5. The average molecular weight is 195 g/mol. The molecule has 2 rings (SSSR count). The maximum Gasteiger partial charge on any atom is 0.133 e. The summed E-state index contributed by atoms with van der Waals surface area (Å²) >= 11 is 1.46. The Hall–Kier alpha value is -1.13. The summed E-state index contributed by atoms with van der Waals surface area (Å²) in [6, 6.07) is 1.74. The van der Waals surface area contributed by atoms with Crippen molar-refractivity contribution in [3.05, 3.63) is 40.7 Å². The van der Waals surface area contributed by atoms with Gasteiger partial charge in [0.25, 0.3) is 0 Å².